The minimum absolute atomic E-state index is 0.0879. The molecule has 0 aromatic heterocycles. The number of nitrogens with zero attached hydrogens (tertiary/aromatic N) is 2. The van der Waals surface area contributed by atoms with Gasteiger partial charge in [0, 0.05) is 26.2 Å². The van der Waals surface area contributed by atoms with Gasteiger partial charge in [-0.1, -0.05) is 44.0 Å². The van der Waals surface area contributed by atoms with E-state index in [1.54, 1.807) is 4.90 Å². The molecule has 2 amide bonds. The largest absolute Gasteiger partial charge is 0.479 e. The summed E-state index contributed by atoms with van der Waals surface area (Å²) in [7, 11) is 0. The number of rotatable bonds is 7. The number of amides is 2. The number of carboxylic acid groups (broad SMARTS) is 1. The number of para-hydroxylation sites is 1. The van der Waals surface area contributed by atoms with Crippen LogP contribution in [0.3, 0.4) is 0 Å². The second-order valence-electron chi connectivity index (χ2n) is 7.45. The number of nitrogens with one attached hydrogen (secondary N) is 1. The van der Waals surface area contributed by atoms with Crippen molar-refractivity contribution in [2.75, 3.05) is 31.1 Å². The summed E-state index contributed by atoms with van der Waals surface area (Å²) >= 11 is 6.27. The lowest BCUT2D eigenvalue weighted by atomic mass is 9.97. The van der Waals surface area contributed by atoms with E-state index in [0.717, 1.165) is 5.69 Å². The van der Waals surface area contributed by atoms with E-state index in [1.807, 2.05) is 38.1 Å². The van der Waals surface area contributed by atoms with Crippen molar-refractivity contribution < 1.29 is 24.2 Å². The Morgan fingerprint density at radius 3 is 2.41 bits per heavy atom. The first kappa shape index (κ1) is 21.4. The van der Waals surface area contributed by atoms with E-state index in [4.69, 9.17) is 21.4 Å². The minimum atomic E-state index is -1.17. The molecule has 9 heteroatoms. The summed E-state index contributed by atoms with van der Waals surface area (Å²) in [6.07, 6.45) is -1.45. The predicted octanol–water partition coefficient (Wildman–Crippen LogP) is 1.37. The summed E-state index contributed by atoms with van der Waals surface area (Å²) in [5.41, 5.74) is 0.943. The number of benzene rings is 1. The van der Waals surface area contributed by atoms with Crippen LogP contribution >= 0.6 is 11.6 Å². The molecule has 2 fully saturated rings. The number of anilines is 1. The molecule has 0 spiro atoms. The minimum Gasteiger partial charge on any atom is -0.479 e. The first-order valence-corrected chi connectivity index (χ1v) is 10.2. The Hall–Kier alpha value is -2.32. The molecule has 4 atom stereocenters. The lowest BCUT2D eigenvalue weighted by Gasteiger charge is -2.38. The highest BCUT2D eigenvalue weighted by atomic mass is 35.5. The Balaban J connectivity index is 1.61. The van der Waals surface area contributed by atoms with Crippen LogP contribution in [0.2, 0.25) is 5.02 Å². The van der Waals surface area contributed by atoms with Gasteiger partial charge in [0.05, 0.1) is 10.7 Å². The van der Waals surface area contributed by atoms with Gasteiger partial charge >= 0.3 is 5.97 Å². The second kappa shape index (κ2) is 9.00. The van der Waals surface area contributed by atoms with Gasteiger partial charge in [-0.2, -0.15) is 0 Å². The molecule has 0 saturated carbocycles. The van der Waals surface area contributed by atoms with E-state index in [2.05, 4.69) is 10.2 Å². The lowest BCUT2D eigenvalue weighted by Crippen LogP contribution is -2.57. The summed E-state index contributed by atoms with van der Waals surface area (Å²) in [6, 6.07) is 6.89. The quantitative estimate of drug-likeness (QED) is 0.642. The number of ether oxygens (including phenoxy) is 1. The molecule has 2 aliphatic rings. The maximum Gasteiger partial charge on any atom is 0.336 e. The average molecular weight is 424 g/mol. The number of carboxylic acids is 1. The van der Waals surface area contributed by atoms with Crippen LogP contribution in [0.4, 0.5) is 5.69 Å². The van der Waals surface area contributed by atoms with E-state index < -0.39 is 30.1 Å². The maximum absolute atomic E-state index is 13.1. The first-order chi connectivity index (χ1) is 13.8. The van der Waals surface area contributed by atoms with E-state index >= 15 is 0 Å². The number of epoxide rings is 1. The van der Waals surface area contributed by atoms with Crippen molar-refractivity contribution in [1.82, 2.24) is 10.2 Å². The monoisotopic (exact) mass is 423 g/mol. The van der Waals surface area contributed by atoms with E-state index in [1.165, 1.54) is 0 Å². The smallest absolute Gasteiger partial charge is 0.336 e. The molecule has 0 radical (unpaired) electrons. The summed E-state index contributed by atoms with van der Waals surface area (Å²) in [5, 5.41) is 12.3. The van der Waals surface area contributed by atoms with Crippen molar-refractivity contribution in [3.63, 3.8) is 0 Å². The first-order valence-electron chi connectivity index (χ1n) is 9.80. The third-order valence-corrected chi connectivity index (χ3v) is 5.87. The molecule has 2 heterocycles. The lowest BCUT2D eigenvalue weighted by molar-refractivity contribution is -0.138. The summed E-state index contributed by atoms with van der Waals surface area (Å²) in [5.74, 6) is -1.97. The third kappa shape index (κ3) is 4.82. The zero-order valence-corrected chi connectivity index (χ0v) is 17.3. The number of halogens is 1. The molecule has 2 aliphatic heterocycles. The number of hydrogen-bond donors (Lipinski definition) is 2. The average Bonchev–Trinajstić information content (AvgIpc) is 3.53. The molecule has 0 bridgehead atoms. The molecule has 29 heavy (non-hydrogen) atoms. The van der Waals surface area contributed by atoms with Gasteiger partial charge in [-0.05, 0) is 18.1 Å². The van der Waals surface area contributed by atoms with Gasteiger partial charge in [0.1, 0.15) is 6.04 Å². The number of piperazine rings is 1. The number of aliphatic carboxylic acids is 1. The highest BCUT2D eigenvalue weighted by Gasteiger charge is 2.51. The Bertz CT molecular complexity index is 781. The highest BCUT2D eigenvalue weighted by Crippen LogP contribution is 2.27. The van der Waals surface area contributed by atoms with Crippen LogP contribution in [0.5, 0.6) is 0 Å². The highest BCUT2D eigenvalue weighted by molar-refractivity contribution is 6.33. The zero-order valence-electron chi connectivity index (χ0n) is 16.5. The fraction of sp³-hybridized carbons (Fsp3) is 0.550. The van der Waals surface area contributed by atoms with E-state index in [-0.39, 0.29) is 11.8 Å². The Labute approximate surface area is 174 Å². The van der Waals surface area contributed by atoms with Crippen molar-refractivity contribution in [2.24, 2.45) is 5.92 Å². The molecular weight excluding hydrogens is 398 g/mol. The Morgan fingerprint density at radius 1 is 1.21 bits per heavy atom. The molecule has 2 saturated heterocycles. The van der Waals surface area contributed by atoms with Gasteiger partial charge in [0.25, 0.3) is 5.91 Å². The van der Waals surface area contributed by atoms with Crippen LogP contribution in [0.25, 0.3) is 0 Å². The fourth-order valence-electron chi connectivity index (χ4n) is 3.49. The van der Waals surface area contributed by atoms with E-state index in [0.29, 0.717) is 37.6 Å². The van der Waals surface area contributed by atoms with Crippen LogP contribution in [0.1, 0.15) is 20.3 Å². The van der Waals surface area contributed by atoms with Crippen molar-refractivity contribution in [1.29, 1.82) is 0 Å². The standard InChI is InChI=1S/C20H26ClN3O5/c1-3-12(2)15(22-18(25)16-17(29-16)20(27)28)19(26)24-10-8-23(9-11-24)14-7-5-4-6-13(14)21/h4-7,12,15-17H,3,8-11H2,1-2H3,(H,22,25)(H,27,28)/t12?,15-,16-,17-/m0/s1. The van der Waals surface area contributed by atoms with Crippen LogP contribution in [0, 0.1) is 5.92 Å². The van der Waals surface area contributed by atoms with Crippen LogP contribution in [-0.4, -0.2) is 72.2 Å². The normalized spacial score (nSPS) is 23.3. The van der Waals surface area contributed by atoms with E-state index in [9.17, 15) is 14.4 Å². The van der Waals surface area contributed by atoms with Crippen LogP contribution in [-0.2, 0) is 19.1 Å². The summed E-state index contributed by atoms with van der Waals surface area (Å²) < 4.78 is 4.90. The van der Waals surface area contributed by atoms with Gasteiger partial charge in [-0.25, -0.2) is 4.79 Å². The summed E-state index contributed by atoms with van der Waals surface area (Å²) in [4.78, 5) is 40.2. The van der Waals surface area contributed by atoms with Crippen molar-refractivity contribution in [3.05, 3.63) is 29.3 Å². The van der Waals surface area contributed by atoms with Gasteiger partial charge in [-0.15, -0.1) is 0 Å². The SMILES string of the molecule is CCC(C)[C@H](NC(=O)[C@H]1O[C@@H]1C(=O)O)C(=O)N1CCN(c2ccccc2Cl)CC1. The maximum atomic E-state index is 13.1. The van der Waals surface area contributed by atoms with Crippen LogP contribution in [0.15, 0.2) is 24.3 Å². The molecule has 1 aromatic rings. The Morgan fingerprint density at radius 2 is 1.86 bits per heavy atom. The van der Waals surface area contributed by atoms with Gasteiger partial charge in [-0.3, -0.25) is 9.59 Å². The van der Waals surface area contributed by atoms with Crippen molar-refractivity contribution in [3.8, 4) is 0 Å². The second-order valence-corrected chi connectivity index (χ2v) is 7.86. The topological polar surface area (TPSA) is 102 Å². The predicted molar refractivity (Wildman–Crippen MR) is 108 cm³/mol. The van der Waals surface area contributed by atoms with Crippen molar-refractivity contribution >= 4 is 35.1 Å². The molecule has 158 valence electrons. The molecule has 8 nitrogen and oxygen atoms in total. The summed E-state index contributed by atoms with van der Waals surface area (Å²) in [6.45, 7) is 6.16. The molecule has 2 N–H and O–H groups in total. The van der Waals surface area contributed by atoms with Crippen molar-refractivity contribution in [2.45, 2.75) is 38.5 Å². The Kier molecular flexibility index (Phi) is 6.64. The van der Waals surface area contributed by atoms with Gasteiger partial charge in [0.2, 0.25) is 5.91 Å². The molecule has 0 aliphatic carbocycles. The van der Waals surface area contributed by atoms with Gasteiger partial charge < -0.3 is 25.0 Å². The molecule has 1 aromatic carbocycles. The fourth-order valence-corrected chi connectivity index (χ4v) is 3.75. The van der Waals surface area contributed by atoms with Gasteiger partial charge in [0.15, 0.2) is 12.2 Å². The number of carbonyl (C=O) groups excluding carboxylic acids is 2. The number of hydrogen-bond acceptors (Lipinski definition) is 5. The molecular formula is C20H26ClN3O5. The third-order valence-electron chi connectivity index (χ3n) is 5.55. The number of carbonyl (C=O) groups is 3. The molecule has 3 rings (SSSR count). The molecule has 1 unspecified atom stereocenters. The zero-order chi connectivity index (χ0) is 21.1. The van der Waals surface area contributed by atoms with Crippen LogP contribution < -0.4 is 10.2 Å².